The molecular weight excluding hydrogens is 222 g/mol. The van der Waals surface area contributed by atoms with E-state index in [9.17, 15) is 0 Å². The summed E-state index contributed by atoms with van der Waals surface area (Å²) in [6.45, 7) is 3.26. The molecule has 2 N–H and O–H groups in total. The molecule has 0 saturated heterocycles. The van der Waals surface area contributed by atoms with Gasteiger partial charge in [-0.25, -0.2) is 0 Å². The van der Waals surface area contributed by atoms with Gasteiger partial charge < -0.3 is 10.5 Å². The predicted molar refractivity (Wildman–Crippen MR) is 74.5 cm³/mol. The van der Waals surface area contributed by atoms with Crippen molar-refractivity contribution in [3.8, 4) is 5.75 Å². The van der Waals surface area contributed by atoms with Gasteiger partial charge in [-0.1, -0.05) is 43.3 Å². The molecule has 0 saturated carbocycles. The second kappa shape index (κ2) is 6.22. The fourth-order valence-electron chi connectivity index (χ4n) is 1.91. The van der Waals surface area contributed by atoms with Crippen LogP contribution >= 0.6 is 0 Å². The van der Waals surface area contributed by atoms with Crippen LogP contribution in [0.25, 0.3) is 0 Å². The summed E-state index contributed by atoms with van der Waals surface area (Å²) in [5, 5.41) is 0. The van der Waals surface area contributed by atoms with Crippen LogP contribution in [0.5, 0.6) is 5.75 Å². The van der Waals surface area contributed by atoms with Gasteiger partial charge in [0.2, 0.25) is 0 Å². The zero-order valence-electron chi connectivity index (χ0n) is 10.7. The van der Waals surface area contributed by atoms with Gasteiger partial charge in [-0.05, 0) is 35.2 Å². The number of hydrogen-bond donors (Lipinski definition) is 1. The highest BCUT2D eigenvalue weighted by atomic mass is 16.5. The van der Waals surface area contributed by atoms with Crippen molar-refractivity contribution < 1.29 is 4.74 Å². The van der Waals surface area contributed by atoms with Gasteiger partial charge in [0, 0.05) is 6.54 Å². The first-order valence-corrected chi connectivity index (χ1v) is 6.32. The second-order valence-electron chi connectivity index (χ2n) is 4.26. The van der Waals surface area contributed by atoms with Gasteiger partial charge in [0.1, 0.15) is 12.4 Å². The van der Waals surface area contributed by atoms with Crippen LogP contribution in [-0.4, -0.2) is 0 Å². The Kier molecular flexibility index (Phi) is 4.37. The van der Waals surface area contributed by atoms with E-state index in [4.69, 9.17) is 10.5 Å². The van der Waals surface area contributed by atoms with Crippen LogP contribution in [0.4, 0.5) is 0 Å². The highest BCUT2D eigenvalue weighted by molar-refractivity contribution is 5.30. The Morgan fingerprint density at radius 1 is 1.00 bits per heavy atom. The normalized spacial score (nSPS) is 10.3. The van der Waals surface area contributed by atoms with Gasteiger partial charge >= 0.3 is 0 Å². The van der Waals surface area contributed by atoms with Crippen LogP contribution in [0.3, 0.4) is 0 Å². The van der Waals surface area contributed by atoms with Crippen molar-refractivity contribution in [1.29, 1.82) is 0 Å². The average molecular weight is 241 g/mol. The van der Waals surface area contributed by atoms with Gasteiger partial charge in [0.05, 0.1) is 0 Å². The van der Waals surface area contributed by atoms with E-state index in [-0.39, 0.29) is 0 Å². The van der Waals surface area contributed by atoms with E-state index in [1.54, 1.807) is 0 Å². The second-order valence-corrected chi connectivity index (χ2v) is 4.26. The predicted octanol–water partition coefficient (Wildman–Crippen LogP) is 3.29. The molecule has 2 rings (SSSR count). The lowest BCUT2D eigenvalue weighted by Crippen LogP contribution is -2.04. The molecule has 2 nitrogen and oxygen atoms in total. The van der Waals surface area contributed by atoms with Crippen LogP contribution in [0.15, 0.2) is 48.5 Å². The minimum absolute atomic E-state index is 0.550. The monoisotopic (exact) mass is 241 g/mol. The number of ether oxygens (including phenoxy) is 1. The fourth-order valence-corrected chi connectivity index (χ4v) is 1.91. The van der Waals surface area contributed by atoms with E-state index in [1.165, 1.54) is 5.56 Å². The van der Waals surface area contributed by atoms with Crippen molar-refractivity contribution in [1.82, 2.24) is 0 Å². The van der Waals surface area contributed by atoms with Crippen LogP contribution in [-0.2, 0) is 19.6 Å². The maximum Gasteiger partial charge on any atom is 0.120 e. The maximum atomic E-state index is 5.82. The molecule has 18 heavy (non-hydrogen) atoms. The quantitative estimate of drug-likeness (QED) is 0.871. The third kappa shape index (κ3) is 3.11. The van der Waals surface area contributed by atoms with Gasteiger partial charge in [0.25, 0.3) is 0 Å². The average Bonchev–Trinajstić information content (AvgIpc) is 2.45. The zero-order chi connectivity index (χ0) is 12.8. The lowest BCUT2D eigenvalue weighted by Gasteiger charge is -2.10. The summed E-state index contributed by atoms with van der Waals surface area (Å²) >= 11 is 0. The van der Waals surface area contributed by atoms with Gasteiger partial charge in [-0.15, -0.1) is 0 Å². The van der Waals surface area contributed by atoms with Crippen molar-refractivity contribution in [3.63, 3.8) is 0 Å². The lowest BCUT2D eigenvalue weighted by atomic mass is 10.1. The highest BCUT2D eigenvalue weighted by Gasteiger charge is 2.01. The summed E-state index contributed by atoms with van der Waals surface area (Å²) in [4.78, 5) is 0. The molecule has 0 bridgehead atoms. The van der Waals surface area contributed by atoms with E-state index >= 15 is 0 Å². The third-order valence-corrected chi connectivity index (χ3v) is 3.04. The van der Waals surface area contributed by atoms with Crippen LogP contribution in [0.1, 0.15) is 23.6 Å². The maximum absolute atomic E-state index is 5.82. The summed E-state index contributed by atoms with van der Waals surface area (Å²) in [5.41, 5.74) is 9.30. The van der Waals surface area contributed by atoms with Crippen LogP contribution in [0, 0.1) is 0 Å². The molecule has 0 heterocycles. The Morgan fingerprint density at radius 2 is 1.78 bits per heavy atom. The van der Waals surface area contributed by atoms with Gasteiger partial charge in [0.15, 0.2) is 0 Å². The fraction of sp³-hybridized carbons (Fsp3) is 0.250. The first kappa shape index (κ1) is 12.7. The molecule has 0 aromatic heterocycles. The molecule has 0 fully saturated rings. The Hall–Kier alpha value is -1.80. The van der Waals surface area contributed by atoms with Crippen molar-refractivity contribution in [2.24, 2.45) is 5.73 Å². The topological polar surface area (TPSA) is 35.2 Å². The van der Waals surface area contributed by atoms with Crippen molar-refractivity contribution in [2.75, 3.05) is 0 Å². The minimum Gasteiger partial charge on any atom is -0.489 e. The lowest BCUT2D eigenvalue weighted by molar-refractivity contribution is 0.304. The molecule has 0 aliphatic heterocycles. The first-order valence-electron chi connectivity index (χ1n) is 6.32. The number of rotatable bonds is 5. The molecule has 0 aliphatic rings. The third-order valence-electron chi connectivity index (χ3n) is 3.04. The van der Waals surface area contributed by atoms with E-state index < -0.39 is 0 Å². The van der Waals surface area contributed by atoms with Gasteiger partial charge in [-0.3, -0.25) is 0 Å². The SMILES string of the molecule is CCc1cccc(OCc2ccccc2CN)c1. The molecule has 2 heteroatoms. The summed E-state index contributed by atoms with van der Waals surface area (Å²) in [5.74, 6) is 0.918. The van der Waals surface area contributed by atoms with Crippen molar-refractivity contribution in [2.45, 2.75) is 26.5 Å². The number of benzene rings is 2. The van der Waals surface area contributed by atoms with Crippen LogP contribution in [0.2, 0.25) is 0 Å². The smallest absolute Gasteiger partial charge is 0.120 e. The van der Waals surface area contributed by atoms with E-state index in [0.29, 0.717) is 13.2 Å². The Morgan fingerprint density at radius 3 is 2.50 bits per heavy atom. The molecule has 0 unspecified atom stereocenters. The zero-order valence-corrected chi connectivity index (χ0v) is 10.7. The minimum atomic E-state index is 0.550. The summed E-state index contributed by atoms with van der Waals surface area (Å²) < 4.78 is 5.82. The molecule has 2 aromatic carbocycles. The summed E-state index contributed by atoms with van der Waals surface area (Å²) in [7, 11) is 0. The van der Waals surface area contributed by atoms with Crippen molar-refractivity contribution in [3.05, 3.63) is 65.2 Å². The van der Waals surface area contributed by atoms with E-state index in [2.05, 4.69) is 25.1 Å². The van der Waals surface area contributed by atoms with Crippen molar-refractivity contribution >= 4 is 0 Å². The van der Waals surface area contributed by atoms with E-state index in [0.717, 1.165) is 23.3 Å². The van der Waals surface area contributed by atoms with Crippen LogP contribution < -0.4 is 10.5 Å². The van der Waals surface area contributed by atoms with Gasteiger partial charge in [-0.2, -0.15) is 0 Å². The highest BCUT2D eigenvalue weighted by Crippen LogP contribution is 2.17. The molecule has 94 valence electrons. The molecule has 0 amide bonds. The summed E-state index contributed by atoms with van der Waals surface area (Å²) in [6.07, 6.45) is 1.02. The molecule has 0 atom stereocenters. The summed E-state index contributed by atoms with van der Waals surface area (Å²) in [6, 6.07) is 16.3. The Balaban J connectivity index is 2.06. The largest absolute Gasteiger partial charge is 0.489 e. The molecule has 0 spiro atoms. The molecular formula is C16H19NO. The number of hydrogen-bond acceptors (Lipinski definition) is 2. The Bertz CT molecular complexity index is 508. The van der Waals surface area contributed by atoms with E-state index in [1.807, 2.05) is 30.3 Å². The Labute approximate surface area is 108 Å². The molecule has 2 aromatic rings. The molecule has 0 aliphatic carbocycles. The number of aryl methyl sites for hydroxylation is 1. The molecule has 0 radical (unpaired) electrons. The standard InChI is InChI=1S/C16H19NO/c1-2-13-6-5-9-16(10-13)18-12-15-8-4-3-7-14(15)11-17/h3-10H,2,11-12,17H2,1H3. The first-order chi connectivity index (χ1) is 8.83. The number of nitrogens with two attached hydrogens (primary N) is 1.